The van der Waals surface area contributed by atoms with Crippen molar-refractivity contribution in [2.75, 3.05) is 12.4 Å². The number of carboxylic acids is 1. The molecule has 1 N–H and O–H groups in total. The van der Waals surface area contributed by atoms with E-state index in [0.29, 0.717) is 28.6 Å². The van der Waals surface area contributed by atoms with Crippen molar-refractivity contribution in [2.24, 2.45) is 0 Å². The number of halogens is 1. The molecule has 0 saturated carbocycles. The summed E-state index contributed by atoms with van der Waals surface area (Å²) < 4.78 is 23.3. The molecule has 0 bridgehead atoms. The molecule has 2 rings (SSSR count). The van der Waals surface area contributed by atoms with E-state index in [-0.39, 0.29) is 6.61 Å². The summed E-state index contributed by atoms with van der Waals surface area (Å²) in [5.74, 6) is 1.30. The van der Waals surface area contributed by atoms with Crippen molar-refractivity contribution in [3.63, 3.8) is 0 Å². The van der Waals surface area contributed by atoms with Gasteiger partial charge in [-0.3, -0.25) is 0 Å². The van der Waals surface area contributed by atoms with E-state index in [1.807, 2.05) is 19.1 Å². The molecule has 0 fully saturated rings. The normalized spacial score (nSPS) is 10.3. The minimum absolute atomic E-state index is 0.362. The van der Waals surface area contributed by atoms with E-state index in [9.17, 15) is 9.18 Å². The Morgan fingerprint density at radius 3 is 2.56 bits per heavy atom. The van der Waals surface area contributed by atoms with Crippen molar-refractivity contribution in [2.45, 2.75) is 18.5 Å². The first kappa shape index (κ1) is 18.9. The number of aryl methyl sites for hydroxylation is 1. The highest BCUT2D eigenvalue weighted by atomic mass is 32.2. The van der Waals surface area contributed by atoms with Crippen molar-refractivity contribution in [3.05, 3.63) is 65.9 Å². The number of ether oxygens (including phenoxy) is 2. The van der Waals surface area contributed by atoms with E-state index in [1.165, 1.54) is 0 Å². The summed E-state index contributed by atoms with van der Waals surface area (Å²) >= 11 is 1.55. The van der Waals surface area contributed by atoms with Gasteiger partial charge in [0.05, 0.1) is 5.75 Å². The van der Waals surface area contributed by atoms with Crippen molar-refractivity contribution in [1.29, 1.82) is 0 Å². The van der Waals surface area contributed by atoms with E-state index in [1.54, 1.807) is 42.1 Å². The molecule has 132 valence electrons. The zero-order valence-electron chi connectivity index (χ0n) is 13.8. The number of thioether (sulfide) groups is 1. The number of alkyl halides is 1. The van der Waals surface area contributed by atoms with Crippen LogP contribution in [0.25, 0.3) is 0 Å². The van der Waals surface area contributed by atoms with Gasteiger partial charge in [0.2, 0.25) is 0 Å². The van der Waals surface area contributed by atoms with Crippen molar-refractivity contribution in [3.8, 4) is 11.5 Å². The molecule has 0 aliphatic rings. The van der Waals surface area contributed by atoms with Crippen LogP contribution in [0.2, 0.25) is 0 Å². The molecule has 0 aliphatic carbocycles. The first-order valence-electron chi connectivity index (χ1n) is 7.56. The highest BCUT2D eigenvalue weighted by molar-refractivity contribution is 7.99. The summed E-state index contributed by atoms with van der Waals surface area (Å²) in [4.78, 5) is 11.5. The first-order chi connectivity index (χ1) is 12.0. The van der Waals surface area contributed by atoms with E-state index < -0.39 is 12.6 Å². The lowest BCUT2D eigenvalue weighted by atomic mass is 10.2. The Bertz CT molecular complexity index is 744. The summed E-state index contributed by atoms with van der Waals surface area (Å²) in [6, 6.07) is 12.3. The standard InChI is InChI=1S/C19H19FO4S/c1-13-9-17(7-8-18(13)23-11-19(21)22)25-12-14(2)24-16-5-3-15(10-20)4-6-16/h3-9H,2,10-12H2,1H3,(H,21,22). The predicted octanol–water partition coefficient (Wildman–Crippen LogP) is 4.61. The number of rotatable bonds is 9. The fraction of sp³-hybridized carbons (Fsp3) is 0.211. The van der Waals surface area contributed by atoms with Gasteiger partial charge in [-0.25, -0.2) is 9.18 Å². The lowest BCUT2D eigenvalue weighted by Crippen LogP contribution is -2.10. The summed E-state index contributed by atoms with van der Waals surface area (Å²) in [6.07, 6.45) is 0. The van der Waals surface area contributed by atoms with Gasteiger partial charge in [-0.1, -0.05) is 18.7 Å². The maximum atomic E-state index is 12.5. The van der Waals surface area contributed by atoms with Crippen LogP contribution >= 0.6 is 11.8 Å². The van der Waals surface area contributed by atoms with E-state index >= 15 is 0 Å². The van der Waals surface area contributed by atoms with Gasteiger partial charge in [0.15, 0.2) is 6.61 Å². The van der Waals surface area contributed by atoms with Gasteiger partial charge in [0.25, 0.3) is 0 Å². The second-order valence-corrected chi connectivity index (χ2v) is 6.37. The van der Waals surface area contributed by atoms with Crippen LogP contribution in [0.4, 0.5) is 4.39 Å². The highest BCUT2D eigenvalue weighted by Gasteiger charge is 2.06. The molecule has 2 aromatic carbocycles. The van der Waals surface area contributed by atoms with Crippen LogP contribution in [0.15, 0.2) is 59.7 Å². The number of aliphatic carboxylic acids is 1. The maximum Gasteiger partial charge on any atom is 0.341 e. The molecular formula is C19H19FO4S. The zero-order valence-corrected chi connectivity index (χ0v) is 14.6. The third-order valence-electron chi connectivity index (χ3n) is 3.24. The molecule has 0 heterocycles. The van der Waals surface area contributed by atoms with Gasteiger partial charge < -0.3 is 14.6 Å². The maximum absolute atomic E-state index is 12.5. The molecule has 0 amide bonds. The largest absolute Gasteiger partial charge is 0.482 e. The lowest BCUT2D eigenvalue weighted by molar-refractivity contribution is -0.139. The van der Waals surface area contributed by atoms with Crippen LogP contribution in [0.5, 0.6) is 11.5 Å². The fourth-order valence-electron chi connectivity index (χ4n) is 2.02. The first-order valence-corrected chi connectivity index (χ1v) is 8.55. The van der Waals surface area contributed by atoms with Crippen LogP contribution in [-0.2, 0) is 11.5 Å². The third-order valence-corrected chi connectivity index (χ3v) is 4.29. The fourth-order valence-corrected chi connectivity index (χ4v) is 2.83. The van der Waals surface area contributed by atoms with Crippen molar-refractivity contribution >= 4 is 17.7 Å². The quantitative estimate of drug-likeness (QED) is 0.521. The summed E-state index contributed by atoms with van der Waals surface area (Å²) in [7, 11) is 0. The molecule has 25 heavy (non-hydrogen) atoms. The SMILES string of the molecule is C=C(CSc1ccc(OCC(=O)O)c(C)c1)Oc1ccc(CF)cc1. The number of carboxylic acid groups (broad SMARTS) is 1. The average Bonchev–Trinajstić information content (AvgIpc) is 2.59. The highest BCUT2D eigenvalue weighted by Crippen LogP contribution is 2.27. The van der Waals surface area contributed by atoms with Crippen LogP contribution < -0.4 is 9.47 Å². The molecule has 0 saturated heterocycles. The molecule has 6 heteroatoms. The molecule has 0 radical (unpaired) electrons. The molecule has 0 unspecified atom stereocenters. The summed E-state index contributed by atoms with van der Waals surface area (Å²) in [5.41, 5.74) is 1.47. The van der Waals surface area contributed by atoms with Crippen molar-refractivity contribution in [1.82, 2.24) is 0 Å². The Hall–Kier alpha value is -2.47. The van der Waals surface area contributed by atoms with Gasteiger partial charge in [0, 0.05) is 4.90 Å². The molecule has 0 atom stereocenters. The number of benzene rings is 2. The predicted molar refractivity (Wildman–Crippen MR) is 96.1 cm³/mol. The molecule has 0 spiro atoms. The second kappa shape index (κ2) is 9.13. The molecule has 2 aromatic rings. The summed E-state index contributed by atoms with van der Waals surface area (Å²) in [6.45, 7) is 4.89. The molecule has 4 nitrogen and oxygen atoms in total. The van der Waals surface area contributed by atoms with E-state index in [2.05, 4.69) is 6.58 Å². The van der Waals surface area contributed by atoms with Crippen LogP contribution in [0.3, 0.4) is 0 Å². The number of carbonyl (C=O) groups is 1. The monoisotopic (exact) mass is 362 g/mol. The minimum Gasteiger partial charge on any atom is -0.482 e. The Kier molecular flexibility index (Phi) is 6.89. The average molecular weight is 362 g/mol. The van der Waals surface area contributed by atoms with Gasteiger partial charge in [-0.05, 0) is 48.4 Å². The smallest absolute Gasteiger partial charge is 0.341 e. The van der Waals surface area contributed by atoms with Crippen LogP contribution in [0.1, 0.15) is 11.1 Å². The lowest BCUT2D eigenvalue weighted by Gasteiger charge is -2.11. The van der Waals surface area contributed by atoms with Gasteiger partial charge in [0.1, 0.15) is 23.9 Å². The summed E-state index contributed by atoms with van der Waals surface area (Å²) in [5, 5.41) is 8.64. The Labute approximate surface area is 150 Å². The molecular weight excluding hydrogens is 343 g/mol. The minimum atomic E-state index is -1.01. The van der Waals surface area contributed by atoms with Crippen molar-refractivity contribution < 1.29 is 23.8 Å². The zero-order chi connectivity index (χ0) is 18.2. The van der Waals surface area contributed by atoms with Crippen LogP contribution in [0, 0.1) is 6.92 Å². The number of hydrogen-bond donors (Lipinski definition) is 1. The van der Waals surface area contributed by atoms with Gasteiger partial charge >= 0.3 is 5.97 Å². The second-order valence-electron chi connectivity index (χ2n) is 5.32. The van der Waals surface area contributed by atoms with Crippen LogP contribution in [-0.4, -0.2) is 23.4 Å². The van der Waals surface area contributed by atoms with E-state index in [0.717, 1.165) is 10.5 Å². The third kappa shape index (κ3) is 6.15. The molecule has 0 aliphatic heterocycles. The Morgan fingerprint density at radius 2 is 1.96 bits per heavy atom. The Balaban J connectivity index is 1.86. The van der Waals surface area contributed by atoms with Gasteiger partial charge in [-0.15, -0.1) is 11.8 Å². The Morgan fingerprint density at radius 1 is 1.24 bits per heavy atom. The number of hydrogen-bond acceptors (Lipinski definition) is 4. The topological polar surface area (TPSA) is 55.8 Å². The van der Waals surface area contributed by atoms with E-state index in [4.69, 9.17) is 14.6 Å². The molecule has 0 aromatic heterocycles. The van der Waals surface area contributed by atoms with Gasteiger partial charge in [-0.2, -0.15) is 0 Å².